The Morgan fingerprint density at radius 2 is 2.07 bits per heavy atom. The predicted molar refractivity (Wildman–Crippen MR) is 103 cm³/mol. The van der Waals surface area contributed by atoms with E-state index in [1.54, 1.807) is 24.7 Å². The molecule has 0 bridgehead atoms. The lowest BCUT2D eigenvalue weighted by Crippen LogP contribution is -2.31. The minimum atomic E-state index is -0.388. The van der Waals surface area contributed by atoms with Gasteiger partial charge in [0.1, 0.15) is 11.5 Å². The van der Waals surface area contributed by atoms with Gasteiger partial charge in [-0.25, -0.2) is 9.18 Å². The molecule has 4 N–H and O–H groups in total. The molecule has 3 heterocycles. The molecule has 142 valence electrons. The number of urea groups is 1. The van der Waals surface area contributed by atoms with Gasteiger partial charge in [-0.2, -0.15) is 0 Å². The van der Waals surface area contributed by atoms with Crippen molar-refractivity contribution in [2.45, 2.75) is 13.0 Å². The van der Waals surface area contributed by atoms with Crippen LogP contribution in [-0.4, -0.2) is 28.5 Å². The third-order valence-corrected chi connectivity index (χ3v) is 4.57. The molecule has 1 aliphatic rings. The highest BCUT2D eigenvalue weighted by Gasteiger charge is 2.24. The summed E-state index contributed by atoms with van der Waals surface area (Å²) in [5, 5.41) is 8.87. The number of benzene rings is 1. The number of aromatic amines is 1. The van der Waals surface area contributed by atoms with Gasteiger partial charge >= 0.3 is 6.03 Å². The Hall–Kier alpha value is -3.68. The fourth-order valence-electron chi connectivity index (χ4n) is 3.22. The Balaban J connectivity index is 1.58. The van der Waals surface area contributed by atoms with E-state index in [1.807, 2.05) is 12.1 Å². The zero-order chi connectivity index (χ0) is 19.5. The summed E-state index contributed by atoms with van der Waals surface area (Å²) in [4.78, 5) is 31.5. The average Bonchev–Trinajstić information content (AvgIpc) is 3.00. The van der Waals surface area contributed by atoms with Crippen molar-refractivity contribution in [1.82, 2.24) is 25.9 Å². The largest absolute Gasteiger partial charge is 0.350 e. The number of nitrogens with zero attached hydrogens (tertiary/aromatic N) is 1. The van der Waals surface area contributed by atoms with Crippen LogP contribution in [0.5, 0.6) is 0 Å². The van der Waals surface area contributed by atoms with Crippen molar-refractivity contribution in [3.05, 3.63) is 71.6 Å². The van der Waals surface area contributed by atoms with E-state index in [0.717, 1.165) is 11.1 Å². The van der Waals surface area contributed by atoms with Gasteiger partial charge in [-0.3, -0.25) is 9.78 Å². The molecule has 0 atom stereocenters. The highest BCUT2D eigenvalue weighted by atomic mass is 19.1. The summed E-state index contributed by atoms with van der Waals surface area (Å²) in [5.74, 6) is -0.640. The van der Waals surface area contributed by atoms with Gasteiger partial charge in [-0.15, -0.1) is 0 Å². The number of carbonyl (C=O) groups excluding carboxylic acids is 2. The quantitative estimate of drug-likeness (QED) is 0.563. The van der Waals surface area contributed by atoms with Crippen LogP contribution >= 0.6 is 0 Å². The maximum Gasteiger partial charge on any atom is 0.319 e. The van der Waals surface area contributed by atoms with Gasteiger partial charge < -0.3 is 20.9 Å². The first-order valence-electron chi connectivity index (χ1n) is 8.84. The van der Waals surface area contributed by atoms with E-state index in [4.69, 9.17) is 0 Å². The second-order valence-corrected chi connectivity index (χ2v) is 6.42. The summed E-state index contributed by atoms with van der Waals surface area (Å²) in [6, 6.07) is 7.58. The monoisotopic (exact) mass is 379 g/mol. The molecule has 8 heteroatoms. The van der Waals surface area contributed by atoms with Gasteiger partial charge in [0.05, 0.1) is 0 Å². The summed E-state index contributed by atoms with van der Waals surface area (Å²) >= 11 is 0. The first-order chi connectivity index (χ1) is 13.6. The lowest BCUT2D eigenvalue weighted by Gasteiger charge is -2.08. The standard InChI is InChI=1S/C20H18FN5O2/c21-14-1-2-16-15(9-14)17-13(5-8-23-19(27)18(17)26-16)11-25-20(28)24-10-12-3-6-22-7-4-12/h1-4,6-7,9,11,26H,5,8,10H2,(H,23,27)(H2,24,25,28). The molecule has 0 saturated heterocycles. The average molecular weight is 379 g/mol. The van der Waals surface area contributed by atoms with Gasteiger partial charge in [0.2, 0.25) is 0 Å². The Bertz CT molecular complexity index is 1070. The normalized spacial score (nSPS) is 15.0. The summed E-state index contributed by atoms with van der Waals surface area (Å²) in [6.45, 7) is 0.783. The lowest BCUT2D eigenvalue weighted by molar-refractivity contribution is 0.0952. The van der Waals surface area contributed by atoms with Crippen molar-refractivity contribution >= 4 is 28.4 Å². The Kier molecular flexibility index (Phi) is 4.76. The zero-order valence-electron chi connectivity index (χ0n) is 14.9. The second kappa shape index (κ2) is 7.51. The first kappa shape index (κ1) is 17.7. The van der Waals surface area contributed by atoms with E-state index in [2.05, 4.69) is 25.9 Å². The van der Waals surface area contributed by atoms with Gasteiger partial charge in [0.15, 0.2) is 0 Å². The zero-order valence-corrected chi connectivity index (χ0v) is 14.9. The number of aromatic nitrogens is 2. The van der Waals surface area contributed by atoms with E-state index in [9.17, 15) is 14.0 Å². The SMILES string of the molecule is O=C(NC=C1CCNC(=O)c2[nH]c3ccc(F)cc3c21)NCc1ccncc1. The molecule has 7 nitrogen and oxygen atoms in total. The van der Waals surface area contributed by atoms with E-state index in [0.29, 0.717) is 41.7 Å². The molecule has 1 aliphatic heterocycles. The van der Waals surface area contributed by atoms with Crippen LogP contribution in [0.1, 0.15) is 28.0 Å². The first-order valence-corrected chi connectivity index (χ1v) is 8.84. The van der Waals surface area contributed by atoms with Crippen molar-refractivity contribution in [1.29, 1.82) is 0 Å². The van der Waals surface area contributed by atoms with E-state index < -0.39 is 0 Å². The topological polar surface area (TPSA) is 98.9 Å². The van der Waals surface area contributed by atoms with Crippen LogP contribution in [0.25, 0.3) is 16.5 Å². The Morgan fingerprint density at radius 1 is 1.25 bits per heavy atom. The number of nitrogens with one attached hydrogen (secondary N) is 4. The minimum Gasteiger partial charge on any atom is -0.350 e. The van der Waals surface area contributed by atoms with Gasteiger partial charge in [0.25, 0.3) is 5.91 Å². The van der Waals surface area contributed by atoms with Crippen molar-refractivity contribution in [3.8, 4) is 0 Å². The van der Waals surface area contributed by atoms with Crippen molar-refractivity contribution in [3.63, 3.8) is 0 Å². The van der Waals surface area contributed by atoms with E-state index in [1.165, 1.54) is 12.1 Å². The predicted octanol–water partition coefficient (Wildman–Crippen LogP) is 2.68. The second-order valence-electron chi connectivity index (χ2n) is 6.42. The molecule has 4 rings (SSSR count). The molecule has 0 aliphatic carbocycles. The molecular weight excluding hydrogens is 361 g/mol. The maximum atomic E-state index is 13.8. The smallest absolute Gasteiger partial charge is 0.319 e. The number of H-pyrrole nitrogens is 1. The number of halogens is 1. The van der Waals surface area contributed by atoms with E-state index >= 15 is 0 Å². The Labute approximate surface area is 160 Å². The minimum absolute atomic E-state index is 0.253. The van der Waals surface area contributed by atoms with Crippen LogP contribution in [0.4, 0.5) is 9.18 Å². The molecule has 0 saturated carbocycles. The van der Waals surface area contributed by atoms with Gasteiger partial charge in [-0.05, 0) is 47.9 Å². The molecule has 0 radical (unpaired) electrons. The van der Waals surface area contributed by atoms with Crippen LogP contribution in [0.2, 0.25) is 0 Å². The molecule has 0 spiro atoms. The molecule has 3 amide bonds. The number of fused-ring (bicyclic) bond motifs is 3. The van der Waals surface area contributed by atoms with Crippen molar-refractivity contribution < 1.29 is 14.0 Å². The van der Waals surface area contributed by atoms with Crippen LogP contribution in [0.15, 0.2) is 48.9 Å². The number of carbonyl (C=O) groups is 2. The molecule has 1 aromatic carbocycles. The fraction of sp³-hybridized carbons (Fsp3) is 0.150. The highest BCUT2D eigenvalue weighted by Crippen LogP contribution is 2.32. The molecule has 3 aromatic rings. The van der Waals surface area contributed by atoms with Crippen LogP contribution in [0, 0.1) is 5.82 Å². The van der Waals surface area contributed by atoms with E-state index in [-0.39, 0.29) is 17.8 Å². The van der Waals surface area contributed by atoms with Crippen LogP contribution in [0.3, 0.4) is 0 Å². The maximum absolute atomic E-state index is 13.8. The Morgan fingerprint density at radius 3 is 2.89 bits per heavy atom. The van der Waals surface area contributed by atoms with Crippen LogP contribution in [-0.2, 0) is 6.54 Å². The molecule has 0 unspecified atom stereocenters. The number of pyridine rings is 1. The summed E-state index contributed by atoms with van der Waals surface area (Å²) in [7, 11) is 0. The fourth-order valence-corrected chi connectivity index (χ4v) is 3.22. The van der Waals surface area contributed by atoms with Crippen LogP contribution < -0.4 is 16.0 Å². The van der Waals surface area contributed by atoms with Gasteiger partial charge in [-0.1, -0.05) is 0 Å². The molecular formula is C20H18FN5O2. The number of rotatable bonds is 3. The molecule has 28 heavy (non-hydrogen) atoms. The lowest BCUT2D eigenvalue weighted by atomic mass is 10.0. The third kappa shape index (κ3) is 3.57. The van der Waals surface area contributed by atoms with Crippen molar-refractivity contribution in [2.75, 3.05) is 6.54 Å². The number of amides is 3. The van der Waals surface area contributed by atoms with Crippen molar-refractivity contribution in [2.24, 2.45) is 0 Å². The summed E-state index contributed by atoms with van der Waals surface area (Å²) in [5.41, 5.74) is 3.31. The molecule has 2 aromatic heterocycles. The number of hydrogen-bond donors (Lipinski definition) is 4. The number of hydrogen-bond acceptors (Lipinski definition) is 3. The molecule has 0 fully saturated rings. The third-order valence-electron chi connectivity index (χ3n) is 4.57. The summed E-state index contributed by atoms with van der Waals surface area (Å²) < 4.78 is 13.8. The summed E-state index contributed by atoms with van der Waals surface area (Å²) in [6.07, 6.45) is 5.39. The van der Waals surface area contributed by atoms with Gasteiger partial charge in [0, 0.05) is 48.1 Å². The highest BCUT2D eigenvalue weighted by molar-refractivity contribution is 6.07.